The van der Waals surface area contributed by atoms with Crippen LogP contribution in [0.25, 0.3) is 0 Å². The molecule has 0 aliphatic rings. The smallest absolute Gasteiger partial charge is 0.415 e. The highest BCUT2D eigenvalue weighted by molar-refractivity contribution is 5.64. The summed E-state index contributed by atoms with van der Waals surface area (Å²) in [5, 5.41) is 10.2. The zero-order valence-corrected chi connectivity index (χ0v) is 37.2. The van der Waals surface area contributed by atoms with Gasteiger partial charge < -0.3 is 9.90 Å². The van der Waals surface area contributed by atoms with E-state index in [4.69, 9.17) is 24.0 Å². The van der Waals surface area contributed by atoms with Crippen molar-refractivity contribution in [3.63, 3.8) is 0 Å². The normalized spacial score (nSPS) is 12.1. The van der Waals surface area contributed by atoms with Crippen molar-refractivity contribution in [1.82, 2.24) is 0 Å². The Morgan fingerprint density at radius 2 is 0.759 bits per heavy atom. The zero-order chi connectivity index (χ0) is 40.3. The van der Waals surface area contributed by atoms with Crippen LogP contribution in [0, 0.1) is 0 Å². The second-order valence-electron chi connectivity index (χ2n) is 14.7. The summed E-state index contributed by atoms with van der Waals surface area (Å²) in [5.74, 6) is -2.04. The number of ether oxygens (including phenoxy) is 2. The van der Waals surface area contributed by atoms with Crippen LogP contribution < -0.4 is 5.11 Å². The molecule has 8 nitrogen and oxygen atoms in total. The van der Waals surface area contributed by atoms with Gasteiger partial charge in [-0.15, -0.1) is 14.5 Å². The summed E-state index contributed by atoms with van der Waals surface area (Å²) in [6.07, 6.45) is 41.6. The third kappa shape index (κ3) is 32.1. The van der Waals surface area contributed by atoms with Gasteiger partial charge in [-0.3, -0.25) is 9.47 Å². The number of hydrogen-bond donors (Lipinski definition) is 0. The highest BCUT2D eigenvalue weighted by Crippen LogP contribution is 2.36. The van der Waals surface area contributed by atoms with E-state index in [2.05, 4.69) is 26.0 Å². The Balaban J connectivity index is 0. The minimum Gasteiger partial charge on any atom is -0.550 e. The molecule has 8 heteroatoms. The number of quaternary nitrogens is 1. The van der Waals surface area contributed by atoms with Gasteiger partial charge >= 0.3 is 5.91 Å². The van der Waals surface area contributed by atoms with Crippen molar-refractivity contribution in [3.8, 4) is 0 Å². The zero-order valence-electron chi connectivity index (χ0n) is 37.2. The topological polar surface area (TPSA) is 86.3 Å². The number of carbonyl (C=O) groups excluding carboxylic acids is 1. The molecule has 0 unspecified atom stereocenters. The number of unbranched alkanes of at least 4 members (excludes halogenated alkanes) is 25. The van der Waals surface area contributed by atoms with E-state index in [1.807, 2.05) is 34.6 Å². The van der Waals surface area contributed by atoms with Crippen LogP contribution in [0.1, 0.15) is 241 Å². The number of carboxylic acids is 1. The molecule has 0 bridgehead atoms. The number of hydroxylamine groups is 3. The minimum atomic E-state index is -1.12. The summed E-state index contributed by atoms with van der Waals surface area (Å²) in [5.41, 5.74) is 0. The lowest BCUT2D eigenvalue weighted by Crippen LogP contribution is -2.66. The second kappa shape index (κ2) is 43.1. The Hall–Kier alpha value is -1.03. The van der Waals surface area contributed by atoms with Crippen LogP contribution in [0.2, 0.25) is 0 Å². The molecule has 0 heterocycles. The van der Waals surface area contributed by atoms with Crippen molar-refractivity contribution in [1.29, 1.82) is 0 Å². The maximum atomic E-state index is 10.2. The van der Waals surface area contributed by atoms with Gasteiger partial charge in [0.1, 0.15) is 19.8 Å². The fourth-order valence-electron chi connectivity index (χ4n) is 6.91. The number of rotatable bonds is 42. The summed E-state index contributed by atoms with van der Waals surface area (Å²) in [6, 6.07) is 0. The van der Waals surface area contributed by atoms with E-state index in [1.165, 1.54) is 148 Å². The van der Waals surface area contributed by atoms with Crippen LogP contribution >= 0.6 is 0 Å². The van der Waals surface area contributed by atoms with Crippen molar-refractivity contribution < 1.29 is 38.9 Å². The number of hydrogen-bond acceptors (Lipinski definition) is 7. The first-order valence-corrected chi connectivity index (χ1v) is 23.3. The van der Waals surface area contributed by atoms with Crippen LogP contribution in [0.15, 0.2) is 12.2 Å². The number of nitrogens with zero attached hydrogens (tertiary/aromatic N) is 1. The maximum Gasteiger partial charge on any atom is 0.415 e. The average molecular weight is 772 g/mol. The molecule has 0 saturated carbocycles. The van der Waals surface area contributed by atoms with Crippen LogP contribution in [0.5, 0.6) is 0 Å². The summed E-state index contributed by atoms with van der Waals surface area (Å²) in [7, 11) is 0. The Kier molecular flexibility index (Phi) is 44.0. The molecular weight excluding hydrogens is 679 g/mol. The molecule has 0 aromatic heterocycles. The second-order valence-corrected chi connectivity index (χ2v) is 14.7. The fourth-order valence-corrected chi connectivity index (χ4v) is 6.91. The van der Waals surface area contributed by atoms with Crippen LogP contribution in [-0.2, 0) is 28.8 Å². The Bertz CT molecular complexity index is 755. The van der Waals surface area contributed by atoms with E-state index in [9.17, 15) is 9.90 Å². The number of carbonyl (C=O) groups is 1. The van der Waals surface area contributed by atoms with Gasteiger partial charge in [-0.1, -0.05) is 167 Å². The molecule has 0 spiro atoms. The molecule has 324 valence electrons. The molecule has 54 heavy (non-hydrogen) atoms. The third-order valence-electron chi connectivity index (χ3n) is 9.79. The van der Waals surface area contributed by atoms with Crippen molar-refractivity contribution in [3.05, 3.63) is 12.2 Å². The van der Waals surface area contributed by atoms with E-state index in [0.29, 0.717) is 39.5 Å². The number of allylic oxidation sites excluding steroid dienone is 2. The average Bonchev–Trinajstić information content (AvgIpc) is 3.15. The standard InChI is InChI=1S/C28H60NO5.C18H34O2/c1-7-13-14-15-16-17-18-19-20-21-22-23-24-25-26-27-28(30-8-2,31-9-3)29(32-10-4,33-11-5)34-12-6;1-2-3-4-5-6-7-8-9-10-11-12-13-14-15-16-17-18(19)20/h7-27H2,1-6H3;9-10H,2-8,11-17H2,1H3,(H,19,20)/q+1;/p-1. The Morgan fingerprint density at radius 1 is 0.444 bits per heavy atom. The first kappa shape index (κ1) is 55.1. The van der Waals surface area contributed by atoms with E-state index >= 15 is 0 Å². The van der Waals surface area contributed by atoms with Crippen molar-refractivity contribution >= 4 is 5.97 Å². The number of carboxylic acid groups (broad SMARTS) is 1. The molecule has 0 radical (unpaired) electrons. The van der Waals surface area contributed by atoms with Crippen LogP contribution in [0.4, 0.5) is 0 Å². The van der Waals surface area contributed by atoms with E-state index in [0.717, 1.165) is 32.1 Å². The molecular formula is C46H93NO7. The molecule has 0 atom stereocenters. The number of aliphatic carboxylic acids is 1. The fraction of sp³-hybridized carbons (Fsp3) is 0.935. The van der Waals surface area contributed by atoms with Gasteiger partial charge in [0.2, 0.25) is 0 Å². The largest absolute Gasteiger partial charge is 0.550 e. The molecule has 0 aliphatic heterocycles. The van der Waals surface area contributed by atoms with Gasteiger partial charge in [-0.25, -0.2) is 0 Å². The monoisotopic (exact) mass is 772 g/mol. The van der Waals surface area contributed by atoms with Gasteiger partial charge in [0, 0.05) is 5.97 Å². The van der Waals surface area contributed by atoms with Crippen LogP contribution in [-0.4, -0.2) is 49.9 Å². The van der Waals surface area contributed by atoms with Gasteiger partial charge in [0.05, 0.1) is 19.6 Å². The third-order valence-corrected chi connectivity index (χ3v) is 9.79. The SMILES string of the molecule is CCCCCCCCC=CCCCCCCCC(=O)[O-].CCCCCCCCCCCCCCCCCC(OCC)(OCC)[N+](OCC)(OCC)OCC. The lowest BCUT2D eigenvalue weighted by Gasteiger charge is -2.42. The maximum absolute atomic E-state index is 10.2. The van der Waals surface area contributed by atoms with Crippen molar-refractivity contribution in [2.75, 3.05) is 33.0 Å². The van der Waals surface area contributed by atoms with Gasteiger partial charge in [-0.2, -0.15) is 0 Å². The molecule has 0 N–H and O–H groups in total. The highest BCUT2D eigenvalue weighted by Gasteiger charge is 2.61. The molecule has 0 saturated heterocycles. The summed E-state index contributed by atoms with van der Waals surface area (Å²) < 4.78 is 12.4. The minimum absolute atomic E-state index is 0.220. The lowest BCUT2D eigenvalue weighted by atomic mass is 10.0. The van der Waals surface area contributed by atoms with Crippen LogP contribution in [0.3, 0.4) is 0 Å². The van der Waals surface area contributed by atoms with Gasteiger partial charge in [0.15, 0.2) is 4.97 Å². The molecule has 0 amide bonds. The predicted molar refractivity (Wildman–Crippen MR) is 225 cm³/mol. The van der Waals surface area contributed by atoms with E-state index in [1.54, 1.807) is 0 Å². The molecule has 0 aliphatic carbocycles. The van der Waals surface area contributed by atoms with Gasteiger partial charge in [0.25, 0.3) is 0 Å². The highest BCUT2D eigenvalue weighted by atomic mass is 17.2. The molecule has 0 aromatic carbocycles. The van der Waals surface area contributed by atoms with E-state index in [-0.39, 0.29) is 6.42 Å². The Morgan fingerprint density at radius 3 is 1.07 bits per heavy atom. The molecule has 0 rings (SSSR count). The van der Waals surface area contributed by atoms with Crippen molar-refractivity contribution in [2.24, 2.45) is 0 Å². The first-order valence-electron chi connectivity index (χ1n) is 23.3. The van der Waals surface area contributed by atoms with E-state index < -0.39 is 16.9 Å². The lowest BCUT2D eigenvalue weighted by molar-refractivity contribution is -1.41. The summed E-state index contributed by atoms with van der Waals surface area (Å²) >= 11 is 0. The van der Waals surface area contributed by atoms with Gasteiger partial charge in [-0.05, 0) is 79.6 Å². The first-order chi connectivity index (χ1) is 26.4. The predicted octanol–water partition coefficient (Wildman–Crippen LogP) is 13.4. The molecule has 0 fully saturated rings. The Labute approximate surface area is 336 Å². The molecule has 0 aromatic rings. The summed E-state index contributed by atoms with van der Waals surface area (Å²) in [4.78, 5) is 27.7. The van der Waals surface area contributed by atoms with Crippen molar-refractivity contribution in [2.45, 2.75) is 247 Å². The summed E-state index contributed by atoms with van der Waals surface area (Å²) in [6.45, 7) is 16.6. The quantitative estimate of drug-likeness (QED) is 0.0201.